The Morgan fingerprint density at radius 3 is 2.88 bits per heavy atom. The number of carbonyl (C=O) groups excluding carboxylic acids is 1. The maximum absolute atomic E-state index is 11.4. The van der Waals surface area contributed by atoms with E-state index in [2.05, 4.69) is 4.74 Å². The zero-order chi connectivity index (χ0) is 12.8. The number of anilines is 1. The van der Waals surface area contributed by atoms with Gasteiger partial charge in [-0.25, -0.2) is 4.79 Å². The Morgan fingerprint density at radius 1 is 1.59 bits per heavy atom. The lowest BCUT2D eigenvalue weighted by molar-refractivity contribution is 0.0600. The van der Waals surface area contributed by atoms with Crippen molar-refractivity contribution >= 4 is 23.4 Å². The minimum atomic E-state index is -0.373. The van der Waals surface area contributed by atoms with E-state index in [1.54, 1.807) is 30.0 Å². The smallest absolute Gasteiger partial charge is 0.337 e. The number of benzene rings is 1. The first-order valence-electron chi connectivity index (χ1n) is 5.33. The van der Waals surface area contributed by atoms with Crippen LogP contribution in [-0.2, 0) is 4.74 Å². The summed E-state index contributed by atoms with van der Waals surface area (Å²) in [6.07, 6.45) is 0.687. The Hall–Kier alpha value is -1.20. The molecule has 0 saturated carbocycles. The molecule has 3 N–H and O–H groups in total. The number of esters is 1. The largest absolute Gasteiger partial charge is 0.465 e. The monoisotopic (exact) mass is 255 g/mol. The van der Waals surface area contributed by atoms with E-state index in [0.29, 0.717) is 17.7 Å². The number of aliphatic hydroxyl groups excluding tert-OH is 1. The fraction of sp³-hybridized carbons (Fsp3) is 0.417. The van der Waals surface area contributed by atoms with Gasteiger partial charge in [-0.05, 0) is 24.6 Å². The number of thioether (sulfide) groups is 1. The molecule has 0 fully saturated rings. The van der Waals surface area contributed by atoms with Crippen LogP contribution in [-0.4, -0.2) is 30.0 Å². The van der Waals surface area contributed by atoms with Crippen molar-refractivity contribution in [3.63, 3.8) is 0 Å². The van der Waals surface area contributed by atoms with Crippen LogP contribution in [0.2, 0.25) is 0 Å². The number of nitrogens with two attached hydrogens (primary N) is 1. The van der Waals surface area contributed by atoms with Gasteiger partial charge in [0.25, 0.3) is 0 Å². The highest BCUT2D eigenvalue weighted by Crippen LogP contribution is 2.31. The number of hydrogen-bond donors (Lipinski definition) is 2. The number of rotatable bonds is 5. The summed E-state index contributed by atoms with van der Waals surface area (Å²) in [6, 6.07) is 5.06. The average molecular weight is 255 g/mol. The van der Waals surface area contributed by atoms with Gasteiger partial charge < -0.3 is 15.6 Å². The van der Waals surface area contributed by atoms with Gasteiger partial charge in [0.05, 0.1) is 12.7 Å². The molecule has 1 aromatic carbocycles. The molecule has 0 saturated heterocycles. The highest BCUT2D eigenvalue weighted by Gasteiger charge is 2.11. The minimum Gasteiger partial charge on any atom is -0.465 e. The summed E-state index contributed by atoms with van der Waals surface area (Å²) in [4.78, 5) is 12.2. The first kappa shape index (κ1) is 13.9. The van der Waals surface area contributed by atoms with Crippen LogP contribution in [0.3, 0.4) is 0 Å². The maximum atomic E-state index is 11.4. The van der Waals surface area contributed by atoms with Crippen LogP contribution < -0.4 is 5.73 Å². The van der Waals surface area contributed by atoms with E-state index < -0.39 is 0 Å². The molecular weight excluding hydrogens is 238 g/mol. The number of nitrogen functional groups attached to an aromatic ring is 1. The molecule has 0 bridgehead atoms. The lowest BCUT2D eigenvalue weighted by Crippen LogP contribution is -2.04. The van der Waals surface area contributed by atoms with Gasteiger partial charge in [-0.3, -0.25) is 0 Å². The van der Waals surface area contributed by atoms with Crippen LogP contribution in [0, 0.1) is 0 Å². The Morgan fingerprint density at radius 2 is 2.29 bits per heavy atom. The van der Waals surface area contributed by atoms with Crippen LogP contribution in [0.4, 0.5) is 5.69 Å². The van der Waals surface area contributed by atoms with E-state index in [4.69, 9.17) is 10.8 Å². The molecule has 0 aliphatic heterocycles. The molecule has 1 unspecified atom stereocenters. The van der Waals surface area contributed by atoms with Gasteiger partial charge in [-0.2, -0.15) is 0 Å². The van der Waals surface area contributed by atoms with Gasteiger partial charge in [0.2, 0.25) is 0 Å². The molecule has 1 atom stereocenters. The lowest BCUT2D eigenvalue weighted by Gasteiger charge is -2.12. The van der Waals surface area contributed by atoms with Crippen molar-refractivity contribution in [3.8, 4) is 0 Å². The summed E-state index contributed by atoms with van der Waals surface area (Å²) in [5, 5.41) is 9.09. The van der Waals surface area contributed by atoms with Crippen molar-refractivity contribution in [2.45, 2.75) is 23.5 Å². The van der Waals surface area contributed by atoms with Gasteiger partial charge in [-0.15, -0.1) is 11.8 Å². The molecule has 0 aliphatic carbocycles. The fourth-order valence-electron chi connectivity index (χ4n) is 1.34. The Balaban J connectivity index is 2.86. The van der Waals surface area contributed by atoms with Gasteiger partial charge in [0, 0.05) is 22.4 Å². The Bertz CT molecular complexity index is 395. The van der Waals surface area contributed by atoms with Crippen LogP contribution in [0.1, 0.15) is 23.7 Å². The third-order valence-corrected chi connectivity index (χ3v) is 3.54. The van der Waals surface area contributed by atoms with Gasteiger partial charge in [-0.1, -0.05) is 6.92 Å². The van der Waals surface area contributed by atoms with E-state index in [1.165, 1.54) is 7.11 Å². The van der Waals surface area contributed by atoms with E-state index in [1.807, 2.05) is 6.92 Å². The topological polar surface area (TPSA) is 72.5 Å². The predicted octanol–water partition coefficient (Wildman–Crippen LogP) is 1.92. The first-order chi connectivity index (χ1) is 8.08. The van der Waals surface area contributed by atoms with Crippen molar-refractivity contribution in [1.82, 2.24) is 0 Å². The molecule has 0 heterocycles. The van der Waals surface area contributed by atoms with Gasteiger partial charge >= 0.3 is 5.97 Å². The lowest BCUT2D eigenvalue weighted by atomic mass is 10.2. The summed E-state index contributed by atoms with van der Waals surface area (Å²) >= 11 is 1.54. The van der Waals surface area contributed by atoms with Crippen molar-refractivity contribution in [3.05, 3.63) is 23.8 Å². The molecule has 0 spiro atoms. The number of carbonyl (C=O) groups is 1. The second-order valence-electron chi connectivity index (χ2n) is 3.68. The number of ether oxygens (including phenoxy) is 1. The molecule has 0 radical (unpaired) electrons. The molecule has 0 amide bonds. The minimum absolute atomic E-state index is 0.144. The van der Waals surface area contributed by atoms with Crippen molar-refractivity contribution in [2.75, 3.05) is 19.5 Å². The molecule has 0 aliphatic rings. The number of hydrogen-bond acceptors (Lipinski definition) is 5. The average Bonchev–Trinajstić information content (AvgIpc) is 2.31. The second kappa shape index (κ2) is 6.51. The van der Waals surface area contributed by atoms with E-state index in [9.17, 15) is 4.79 Å². The summed E-state index contributed by atoms with van der Waals surface area (Å²) < 4.78 is 4.65. The molecule has 94 valence electrons. The normalized spacial score (nSPS) is 12.2. The van der Waals surface area contributed by atoms with Crippen molar-refractivity contribution < 1.29 is 14.6 Å². The van der Waals surface area contributed by atoms with Crippen LogP contribution in [0.5, 0.6) is 0 Å². The van der Waals surface area contributed by atoms with Crippen LogP contribution >= 0.6 is 11.8 Å². The van der Waals surface area contributed by atoms with E-state index in [-0.39, 0.29) is 17.8 Å². The summed E-state index contributed by atoms with van der Waals surface area (Å²) in [7, 11) is 1.35. The summed E-state index contributed by atoms with van der Waals surface area (Å²) in [6.45, 7) is 2.15. The van der Waals surface area contributed by atoms with E-state index in [0.717, 1.165) is 4.90 Å². The zero-order valence-electron chi connectivity index (χ0n) is 9.97. The van der Waals surface area contributed by atoms with Crippen LogP contribution in [0.15, 0.2) is 23.1 Å². The summed E-state index contributed by atoms with van der Waals surface area (Å²) in [5.41, 5.74) is 6.96. The molecule has 0 aromatic heterocycles. The molecule has 5 heteroatoms. The predicted molar refractivity (Wildman–Crippen MR) is 69.2 cm³/mol. The summed E-state index contributed by atoms with van der Waals surface area (Å²) in [5.74, 6) is -0.373. The standard InChI is InChI=1S/C12H17NO3S/c1-8(5-6-14)17-11-7-9(12(15)16-2)3-4-10(11)13/h3-4,7-8,14H,5-6,13H2,1-2H3. The van der Waals surface area contributed by atoms with Crippen molar-refractivity contribution in [1.29, 1.82) is 0 Å². The SMILES string of the molecule is COC(=O)c1ccc(N)c(SC(C)CCO)c1. The third kappa shape index (κ3) is 3.94. The molecule has 1 aromatic rings. The number of methoxy groups -OCH3 is 1. The highest BCUT2D eigenvalue weighted by molar-refractivity contribution is 8.00. The van der Waals surface area contributed by atoms with Crippen molar-refractivity contribution in [2.24, 2.45) is 0 Å². The first-order valence-corrected chi connectivity index (χ1v) is 6.21. The molecule has 4 nitrogen and oxygen atoms in total. The molecular formula is C12H17NO3S. The van der Waals surface area contributed by atoms with Crippen LogP contribution in [0.25, 0.3) is 0 Å². The fourth-order valence-corrected chi connectivity index (χ4v) is 2.39. The second-order valence-corrected chi connectivity index (χ2v) is 5.17. The molecule has 1 rings (SSSR count). The quantitative estimate of drug-likeness (QED) is 0.478. The van der Waals surface area contributed by atoms with E-state index >= 15 is 0 Å². The third-order valence-electron chi connectivity index (χ3n) is 2.30. The Labute approximate surface area is 105 Å². The molecule has 17 heavy (non-hydrogen) atoms. The highest BCUT2D eigenvalue weighted by atomic mass is 32.2. The zero-order valence-corrected chi connectivity index (χ0v) is 10.8. The van der Waals surface area contributed by atoms with Gasteiger partial charge in [0.15, 0.2) is 0 Å². The van der Waals surface area contributed by atoms with Gasteiger partial charge in [0.1, 0.15) is 0 Å². The maximum Gasteiger partial charge on any atom is 0.337 e. The number of aliphatic hydroxyl groups is 1. The Kier molecular flexibility index (Phi) is 5.31.